The van der Waals surface area contributed by atoms with Gasteiger partial charge in [-0.25, -0.2) is 0 Å². The average molecular weight is 352 g/mol. The molecule has 0 bridgehead atoms. The van der Waals surface area contributed by atoms with Crippen LogP contribution in [0.3, 0.4) is 0 Å². The van der Waals surface area contributed by atoms with Crippen LogP contribution >= 0.6 is 0 Å². The van der Waals surface area contributed by atoms with Crippen molar-refractivity contribution in [2.45, 2.75) is 38.9 Å². The lowest BCUT2D eigenvalue weighted by Gasteiger charge is -2.10. The maximum Gasteiger partial charge on any atom is 0.416 e. The summed E-state index contributed by atoms with van der Waals surface area (Å²) in [6.45, 7) is 5.91. The molecule has 0 unspecified atom stereocenters. The van der Waals surface area contributed by atoms with E-state index in [2.05, 4.69) is 25.6 Å². The molecule has 1 aromatic carbocycles. The van der Waals surface area contributed by atoms with E-state index in [-0.39, 0.29) is 29.2 Å². The molecule has 7 nitrogen and oxygen atoms in total. The van der Waals surface area contributed by atoms with Gasteiger partial charge in [0.15, 0.2) is 5.82 Å². The van der Waals surface area contributed by atoms with Crippen LogP contribution in [0.15, 0.2) is 28.8 Å². The Morgan fingerprint density at radius 2 is 1.92 bits per heavy atom. The predicted molar refractivity (Wildman–Crippen MR) is 80.4 cm³/mol. The smallest absolute Gasteiger partial charge is 0.337 e. The van der Waals surface area contributed by atoms with Crippen LogP contribution in [0.4, 0.5) is 13.2 Å². The third-order valence-corrected chi connectivity index (χ3v) is 3.32. The first-order chi connectivity index (χ1) is 11.6. The zero-order valence-electron chi connectivity index (χ0n) is 13.7. The number of nitrogens with zero attached hydrogens (tertiary/aromatic N) is 6. The van der Waals surface area contributed by atoms with Crippen LogP contribution in [-0.2, 0) is 18.1 Å². The SMILES string of the molecule is CC(C)(C)c1noc(Cn2nnc(-c3cccc(C(F)(F)F)c3)n2)n1. The van der Waals surface area contributed by atoms with Crippen LogP contribution in [0.5, 0.6) is 0 Å². The molecule has 0 spiro atoms. The molecule has 3 aromatic rings. The van der Waals surface area contributed by atoms with E-state index in [1.165, 1.54) is 16.9 Å². The van der Waals surface area contributed by atoms with Gasteiger partial charge >= 0.3 is 6.18 Å². The van der Waals surface area contributed by atoms with E-state index in [1.54, 1.807) is 0 Å². The maximum atomic E-state index is 12.8. The predicted octanol–water partition coefficient (Wildman–Crippen LogP) is 3.09. The van der Waals surface area contributed by atoms with Gasteiger partial charge in [-0.2, -0.15) is 23.0 Å². The van der Waals surface area contributed by atoms with Crippen molar-refractivity contribution in [3.63, 3.8) is 0 Å². The molecule has 0 aliphatic heterocycles. The van der Waals surface area contributed by atoms with Gasteiger partial charge in [0.2, 0.25) is 11.7 Å². The molecule has 0 amide bonds. The molecule has 132 valence electrons. The molecule has 3 rings (SSSR count). The highest BCUT2D eigenvalue weighted by Crippen LogP contribution is 2.31. The molecule has 0 N–H and O–H groups in total. The molecule has 0 atom stereocenters. The van der Waals surface area contributed by atoms with Crippen molar-refractivity contribution in [1.29, 1.82) is 0 Å². The van der Waals surface area contributed by atoms with Crippen molar-refractivity contribution < 1.29 is 17.7 Å². The molecule has 0 aliphatic carbocycles. The summed E-state index contributed by atoms with van der Waals surface area (Å²) in [6.07, 6.45) is -4.43. The van der Waals surface area contributed by atoms with Crippen molar-refractivity contribution in [3.05, 3.63) is 41.5 Å². The molecule has 10 heteroatoms. The van der Waals surface area contributed by atoms with E-state index in [1.807, 2.05) is 20.8 Å². The first-order valence-corrected chi connectivity index (χ1v) is 7.41. The largest absolute Gasteiger partial charge is 0.416 e. The van der Waals surface area contributed by atoms with Crippen LogP contribution in [0.2, 0.25) is 0 Å². The lowest BCUT2D eigenvalue weighted by atomic mass is 9.96. The minimum Gasteiger partial charge on any atom is -0.337 e. The van der Waals surface area contributed by atoms with Crippen molar-refractivity contribution in [3.8, 4) is 11.4 Å². The van der Waals surface area contributed by atoms with Crippen molar-refractivity contribution in [2.75, 3.05) is 0 Å². The number of hydrogen-bond acceptors (Lipinski definition) is 6. The molecule has 2 heterocycles. The zero-order valence-corrected chi connectivity index (χ0v) is 13.7. The van der Waals surface area contributed by atoms with Gasteiger partial charge in [0.1, 0.15) is 6.54 Å². The first-order valence-electron chi connectivity index (χ1n) is 7.41. The number of hydrogen-bond donors (Lipinski definition) is 0. The first kappa shape index (κ1) is 17.1. The third kappa shape index (κ3) is 3.83. The zero-order chi connectivity index (χ0) is 18.2. The Labute approximate surface area is 140 Å². The van der Waals surface area contributed by atoms with Crippen LogP contribution in [0, 0.1) is 0 Å². The fourth-order valence-corrected chi connectivity index (χ4v) is 2.01. The van der Waals surface area contributed by atoms with Crippen molar-refractivity contribution >= 4 is 0 Å². The number of rotatable bonds is 3. The van der Waals surface area contributed by atoms with Crippen molar-refractivity contribution in [1.82, 2.24) is 30.3 Å². The fourth-order valence-electron chi connectivity index (χ4n) is 2.01. The van der Waals surface area contributed by atoms with Gasteiger partial charge in [0.25, 0.3) is 0 Å². The van der Waals surface area contributed by atoms with Crippen molar-refractivity contribution in [2.24, 2.45) is 0 Å². The van der Waals surface area contributed by atoms with E-state index in [0.717, 1.165) is 12.1 Å². The molecule has 25 heavy (non-hydrogen) atoms. The summed E-state index contributed by atoms with van der Waals surface area (Å²) >= 11 is 0. The minimum absolute atomic E-state index is 0.0784. The summed E-state index contributed by atoms with van der Waals surface area (Å²) in [5.74, 6) is 0.917. The van der Waals surface area contributed by atoms with E-state index in [9.17, 15) is 13.2 Å². The highest BCUT2D eigenvalue weighted by atomic mass is 19.4. The van der Waals surface area contributed by atoms with Crippen LogP contribution in [-0.4, -0.2) is 30.3 Å². The number of aromatic nitrogens is 6. The quantitative estimate of drug-likeness (QED) is 0.720. The molecule has 2 aromatic heterocycles. The maximum absolute atomic E-state index is 12.8. The summed E-state index contributed by atoms with van der Waals surface area (Å²) in [6, 6.07) is 4.75. The Morgan fingerprint density at radius 3 is 2.56 bits per heavy atom. The molecule has 0 saturated carbocycles. The lowest BCUT2D eigenvalue weighted by molar-refractivity contribution is -0.137. The number of tetrazole rings is 1. The van der Waals surface area contributed by atoms with E-state index in [0.29, 0.717) is 5.82 Å². The van der Waals surface area contributed by atoms with Gasteiger partial charge < -0.3 is 4.52 Å². The highest BCUT2D eigenvalue weighted by molar-refractivity contribution is 5.55. The van der Waals surface area contributed by atoms with E-state index >= 15 is 0 Å². The van der Waals surface area contributed by atoms with Gasteiger partial charge in [-0.15, -0.1) is 10.2 Å². The molecule has 0 saturated heterocycles. The van der Waals surface area contributed by atoms with Gasteiger partial charge in [0.05, 0.1) is 5.56 Å². The molecule has 0 fully saturated rings. The number of alkyl halides is 3. The molecular formula is C15H15F3N6O. The van der Waals surface area contributed by atoms with E-state index in [4.69, 9.17) is 4.52 Å². The highest BCUT2D eigenvalue weighted by Gasteiger charge is 2.30. The monoisotopic (exact) mass is 352 g/mol. The van der Waals surface area contributed by atoms with Crippen LogP contribution < -0.4 is 0 Å². The summed E-state index contributed by atoms with van der Waals surface area (Å²) in [7, 11) is 0. The number of benzene rings is 1. The van der Waals surface area contributed by atoms with Gasteiger partial charge in [0, 0.05) is 11.0 Å². The average Bonchev–Trinajstić information content (AvgIpc) is 3.16. The second-order valence-electron chi connectivity index (χ2n) is 6.48. The second-order valence-corrected chi connectivity index (χ2v) is 6.48. The Bertz CT molecular complexity index is 878. The summed E-state index contributed by atoms with van der Waals surface area (Å²) in [5, 5.41) is 15.6. The Hall–Kier alpha value is -2.78. The number of halogens is 3. The van der Waals surface area contributed by atoms with Crippen LogP contribution in [0.25, 0.3) is 11.4 Å². The van der Waals surface area contributed by atoms with Gasteiger partial charge in [-0.05, 0) is 17.3 Å². The van der Waals surface area contributed by atoms with E-state index < -0.39 is 11.7 Å². The minimum atomic E-state index is -4.43. The Balaban J connectivity index is 1.80. The molecule has 0 radical (unpaired) electrons. The third-order valence-electron chi connectivity index (χ3n) is 3.32. The molecule has 0 aliphatic rings. The summed E-state index contributed by atoms with van der Waals surface area (Å²) in [4.78, 5) is 5.44. The lowest BCUT2D eigenvalue weighted by Crippen LogP contribution is -2.13. The van der Waals surface area contributed by atoms with Gasteiger partial charge in [-0.3, -0.25) is 0 Å². The Kier molecular flexibility index (Phi) is 4.05. The summed E-state index contributed by atoms with van der Waals surface area (Å²) < 4.78 is 43.5. The summed E-state index contributed by atoms with van der Waals surface area (Å²) in [5.41, 5.74) is -0.809. The standard InChI is InChI=1S/C15H15F3N6O/c1-14(2,3)13-19-11(25-22-13)8-24-21-12(20-23-24)9-5-4-6-10(7-9)15(16,17)18/h4-7H,8H2,1-3H3. The van der Waals surface area contributed by atoms with Crippen LogP contribution in [0.1, 0.15) is 38.0 Å². The normalized spacial score (nSPS) is 12.6. The molecular weight excluding hydrogens is 337 g/mol. The second kappa shape index (κ2) is 5.94. The Morgan fingerprint density at radius 1 is 1.16 bits per heavy atom. The topological polar surface area (TPSA) is 82.5 Å². The fraction of sp³-hybridized carbons (Fsp3) is 0.400. The van der Waals surface area contributed by atoms with Gasteiger partial charge in [-0.1, -0.05) is 38.1 Å².